The number of hydrogen-bond donors (Lipinski definition) is 2. The van der Waals surface area contributed by atoms with Crippen LogP contribution < -0.4 is 10.6 Å². The second kappa shape index (κ2) is 9.36. The molecule has 148 valence electrons. The fourth-order valence-electron chi connectivity index (χ4n) is 3.94. The maximum Gasteiger partial charge on any atom is 0.276 e. The molecule has 0 bridgehead atoms. The minimum absolute atomic E-state index is 0.0544. The summed E-state index contributed by atoms with van der Waals surface area (Å²) in [6.45, 7) is 4.77. The van der Waals surface area contributed by atoms with Gasteiger partial charge in [-0.1, -0.05) is 44.2 Å². The molecule has 1 aromatic carbocycles. The van der Waals surface area contributed by atoms with Crippen LogP contribution in [0.25, 0.3) is 0 Å². The van der Waals surface area contributed by atoms with Crippen molar-refractivity contribution in [3.63, 3.8) is 0 Å². The third-order valence-corrected chi connectivity index (χ3v) is 6.87. The van der Waals surface area contributed by atoms with Gasteiger partial charge >= 0.3 is 0 Å². The van der Waals surface area contributed by atoms with Gasteiger partial charge in [0.15, 0.2) is 6.54 Å². The van der Waals surface area contributed by atoms with E-state index in [0.717, 1.165) is 32.1 Å². The number of benzene rings is 1. The van der Waals surface area contributed by atoms with E-state index >= 15 is 0 Å². The molecule has 5 heteroatoms. The van der Waals surface area contributed by atoms with Crippen LogP contribution in [0.15, 0.2) is 41.8 Å². The first-order valence-electron chi connectivity index (χ1n) is 10.3. The van der Waals surface area contributed by atoms with E-state index in [1.165, 1.54) is 16.0 Å². The van der Waals surface area contributed by atoms with Crippen LogP contribution in [0.3, 0.4) is 0 Å². The average Bonchev–Trinajstić information content (AvgIpc) is 3.41. The first-order valence-corrected chi connectivity index (χ1v) is 11.1. The molecule has 1 amide bonds. The Morgan fingerprint density at radius 2 is 1.93 bits per heavy atom. The summed E-state index contributed by atoms with van der Waals surface area (Å²) in [6.07, 6.45) is 4.68. The zero-order valence-electron chi connectivity index (χ0n) is 16.8. The average molecular weight is 397 g/mol. The summed E-state index contributed by atoms with van der Waals surface area (Å²) >= 11 is 1.71. The van der Waals surface area contributed by atoms with Crippen LogP contribution in [0.1, 0.15) is 73.9 Å². The molecule has 0 aliphatic heterocycles. The Morgan fingerprint density at radius 3 is 2.50 bits per heavy atom. The molecule has 1 saturated carbocycles. The molecular formula is C23H30N3OS+. The Balaban J connectivity index is 1.69. The van der Waals surface area contributed by atoms with E-state index in [9.17, 15) is 10.1 Å². The summed E-state index contributed by atoms with van der Waals surface area (Å²) < 4.78 is 0. The number of carbonyl (C=O) groups excluding carboxylic acids is 1. The van der Waals surface area contributed by atoms with E-state index in [4.69, 9.17) is 0 Å². The molecule has 28 heavy (non-hydrogen) atoms. The molecule has 0 spiro atoms. The predicted molar refractivity (Wildman–Crippen MR) is 113 cm³/mol. The summed E-state index contributed by atoms with van der Waals surface area (Å²) in [4.78, 5) is 13.8. The van der Waals surface area contributed by atoms with Crippen molar-refractivity contribution in [3.8, 4) is 6.07 Å². The molecule has 1 aliphatic rings. The standard InChI is InChI=1S/C23H29N3OS/c1-3-17(2)18-8-10-19(11-9-18)22(20-7-6-14-28-20)25-15-21(27)26-23(16-24)12-4-5-13-23/h6-11,14,17,22,25H,3-5,12-13,15H2,1-2H3,(H,26,27)/p+1/t17-,22-/m0/s1. The van der Waals surface area contributed by atoms with Gasteiger partial charge in [-0.15, -0.1) is 11.3 Å². The highest BCUT2D eigenvalue weighted by molar-refractivity contribution is 7.10. The number of nitriles is 1. The van der Waals surface area contributed by atoms with Gasteiger partial charge in [0.25, 0.3) is 5.91 Å². The van der Waals surface area contributed by atoms with Gasteiger partial charge in [0, 0.05) is 5.56 Å². The Labute approximate surface area is 172 Å². The van der Waals surface area contributed by atoms with Gasteiger partial charge in [-0.05, 0) is 55.0 Å². The van der Waals surface area contributed by atoms with Gasteiger partial charge < -0.3 is 10.6 Å². The van der Waals surface area contributed by atoms with Crippen molar-refractivity contribution >= 4 is 17.2 Å². The van der Waals surface area contributed by atoms with Crippen LogP contribution in [0, 0.1) is 11.3 Å². The number of hydrogen-bond acceptors (Lipinski definition) is 3. The molecule has 1 heterocycles. The van der Waals surface area contributed by atoms with E-state index < -0.39 is 5.54 Å². The lowest BCUT2D eigenvalue weighted by molar-refractivity contribution is -0.676. The zero-order chi connectivity index (χ0) is 20.0. The lowest BCUT2D eigenvalue weighted by Gasteiger charge is -2.22. The van der Waals surface area contributed by atoms with Crippen LogP contribution >= 0.6 is 11.3 Å². The molecule has 3 rings (SSSR count). The zero-order valence-corrected chi connectivity index (χ0v) is 17.6. The van der Waals surface area contributed by atoms with Crippen molar-refractivity contribution in [1.82, 2.24) is 5.32 Å². The van der Waals surface area contributed by atoms with Crippen LogP contribution in [-0.2, 0) is 4.79 Å². The SMILES string of the molecule is CC[C@H](C)c1ccc([C@H]([NH2+]CC(=O)NC2(C#N)CCCC2)c2cccs2)cc1. The predicted octanol–water partition coefficient (Wildman–Crippen LogP) is 3.87. The second-order valence-electron chi connectivity index (χ2n) is 7.86. The van der Waals surface area contributed by atoms with E-state index in [1.54, 1.807) is 11.3 Å². The Kier molecular flexibility index (Phi) is 6.88. The summed E-state index contributed by atoms with van der Waals surface area (Å²) in [6, 6.07) is 15.4. The molecule has 0 radical (unpaired) electrons. The lowest BCUT2D eigenvalue weighted by atomic mass is 9.95. The molecule has 1 aliphatic carbocycles. The van der Waals surface area contributed by atoms with E-state index in [-0.39, 0.29) is 11.9 Å². The Hall–Kier alpha value is -2.16. The number of nitrogens with zero attached hydrogens (tertiary/aromatic N) is 1. The van der Waals surface area contributed by atoms with Crippen LogP contribution in [-0.4, -0.2) is 18.0 Å². The third-order valence-electron chi connectivity index (χ3n) is 5.92. The highest BCUT2D eigenvalue weighted by atomic mass is 32.1. The van der Waals surface area contributed by atoms with E-state index in [1.807, 2.05) is 0 Å². The normalized spacial score (nSPS) is 17.6. The van der Waals surface area contributed by atoms with Crippen molar-refractivity contribution < 1.29 is 10.1 Å². The molecule has 0 saturated heterocycles. The van der Waals surface area contributed by atoms with Crippen molar-refractivity contribution in [2.45, 2.75) is 63.5 Å². The highest BCUT2D eigenvalue weighted by Crippen LogP contribution is 2.29. The van der Waals surface area contributed by atoms with Crippen LogP contribution in [0.2, 0.25) is 0 Å². The molecule has 2 aromatic rings. The van der Waals surface area contributed by atoms with E-state index in [2.05, 4.69) is 72.3 Å². The minimum Gasteiger partial charge on any atom is -0.333 e. The first-order chi connectivity index (χ1) is 13.6. The molecule has 2 atom stereocenters. The largest absolute Gasteiger partial charge is 0.333 e. The van der Waals surface area contributed by atoms with Crippen LogP contribution in [0.4, 0.5) is 0 Å². The molecular weight excluding hydrogens is 366 g/mol. The van der Waals surface area contributed by atoms with Crippen molar-refractivity contribution in [2.75, 3.05) is 6.54 Å². The summed E-state index contributed by atoms with van der Waals surface area (Å²) in [5, 5.41) is 16.6. The number of nitrogens with one attached hydrogen (secondary N) is 1. The topological polar surface area (TPSA) is 69.5 Å². The smallest absolute Gasteiger partial charge is 0.276 e. The van der Waals surface area contributed by atoms with Gasteiger partial charge in [-0.2, -0.15) is 5.26 Å². The summed E-state index contributed by atoms with van der Waals surface area (Å²) in [5.41, 5.74) is 1.91. The first kappa shape index (κ1) is 20.6. The Morgan fingerprint density at radius 1 is 1.25 bits per heavy atom. The maximum absolute atomic E-state index is 12.6. The number of thiophene rings is 1. The van der Waals surface area contributed by atoms with E-state index in [0.29, 0.717) is 12.5 Å². The third kappa shape index (κ3) is 4.81. The summed E-state index contributed by atoms with van der Waals surface area (Å²) in [5.74, 6) is 0.499. The molecule has 4 nitrogen and oxygen atoms in total. The number of carbonyl (C=O) groups is 1. The van der Waals surface area contributed by atoms with Crippen LogP contribution in [0.5, 0.6) is 0 Å². The fraction of sp³-hybridized carbons (Fsp3) is 0.478. The number of quaternary nitrogens is 1. The molecule has 0 unspecified atom stereocenters. The van der Waals surface area contributed by atoms with Gasteiger partial charge in [0.05, 0.1) is 10.9 Å². The Bertz CT molecular complexity index is 801. The van der Waals surface area contributed by atoms with Gasteiger partial charge in [0.1, 0.15) is 11.6 Å². The van der Waals surface area contributed by atoms with Crippen molar-refractivity contribution in [1.29, 1.82) is 5.26 Å². The molecule has 1 aromatic heterocycles. The second-order valence-corrected chi connectivity index (χ2v) is 8.84. The number of amides is 1. The van der Waals surface area contributed by atoms with Gasteiger partial charge in [-0.3, -0.25) is 4.79 Å². The lowest BCUT2D eigenvalue weighted by Crippen LogP contribution is -2.88. The highest BCUT2D eigenvalue weighted by Gasteiger charge is 2.35. The number of nitrogens with two attached hydrogens (primary N) is 1. The van der Waals surface area contributed by atoms with Gasteiger partial charge in [-0.25, -0.2) is 0 Å². The quantitative estimate of drug-likeness (QED) is 0.711. The van der Waals surface area contributed by atoms with Gasteiger partial charge in [0.2, 0.25) is 0 Å². The minimum atomic E-state index is -0.651. The monoisotopic (exact) mass is 396 g/mol. The molecule has 3 N–H and O–H groups in total. The van der Waals surface area contributed by atoms with Crippen molar-refractivity contribution in [3.05, 3.63) is 57.8 Å². The van der Waals surface area contributed by atoms with Crippen molar-refractivity contribution in [2.24, 2.45) is 0 Å². The fourth-order valence-corrected chi connectivity index (χ4v) is 4.79. The number of rotatable bonds is 8. The maximum atomic E-state index is 12.6. The summed E-state index contributed by atoms with van der Waals surface area (Å²) in [7, 11) is 0. The molecule has 1 fully saturated rings.